The Labute approximate surface area is 195 Å². The Kier molecular flexibility index (Phi) is 5.91. The molecular weight excluding hydrogens is 436 g/mol. The molecule has 1 aliphatic heterocycles. The molecule has 4 aromatic rings. The third-order valence-corrected chi connectivity index (χ3v) is 6.00. The van der Waals surface area contributed by atoms with E-state index in [0.717, 1.165) is 16.8 Å². The number of nitrogens with one attached hydrogen (secondary N) is 1. The van der Waals surface area contributed by atoms with Gasteiger partial charge in [-0.05, 0) is 19.1 Å². The van der Waals surface area contributed by atoms with Crippen LogP contribution in [-0.2, 0) is 4.79 Å². The molecule has 1 amide bonds. The zero-order valence-electron chi connectivity index (χ0n) is 17.8. The molecule has 0 bridgehead atoms. The number of hydrogen-bond acceptors (Lipinski definition) is 7. The maximum absolute atomic E-state index is 12.8. The molecule has 0 spiro atoms. The predicted octanol–water partition coefficient (Wildman–Crippen LogP) is 5.05. The monoisotopic (exact) mass is 456 g/mol. The average Bonchev–Trinajstić information content (AvgIpc) is 3.33. The minimum Gasteiger partial charge on any atom is -0.454 e. The van der Waals surface area contributed by atoms with Gasteiger partial charge in [-0.3, -0.25) is 4.79 Å². The number of rotatable bonds is 6. The Hall–Kier alpha value is -3.91. The first kappa shape index (κ1) is 21.0. The lowest BCUT2D eigenvalue weighted by atomic mass is 10.0. The minimum atomic E-state index is -0.441. The molecule has 3 aromatic carbocycles. The molecule has 5 rings (SSSR count). The van der Waals surface area contributed by atoms with Crippen LogP contribution in [0.1, 0.15) is 6.92 Å². The van der Waals surface area contributed by atoms with Crippen molar-refractivity contribution in [3.8, 4) is 34.0 Å². The van der Waals surface area contributed by atoms with E-state index >= 15 is 0 Å². The maximum atomic E-state index is 12.8. The highest BCUT2D eigenvalue weighted by molar-refractivity contribution is 8.00. The minimum absolute atomic E-state index is 0.170. The Morgan fingerprint density at radius 3 is 2.27 bits per heavy atom. The van der Waals surface area contributed by atoms with Gasteiger partial charge in [-0.15, -0.1) is 10.2 Å². The first-order valence-corrected chi connectivity index (χ1v) is 11.3. The van der Waals surface area contributed by atoms with Crippen LogP contribution in [0.2, 0.25) is 0 Å². The third-order valence-electron chi connectivity index (χ3n) is 5.05. The number of anilines is 1. The van der Waals surface area contributed by atoms with Crippen LogP contribution in [0.4, 0.5) is 5.69 Å². The summed E-state index contributed by atoms with van der Waals surface area (Å²) in [7, 11) is 0. The van der Waals surface area contributed by atoms with Crippen molar-refractivity contribution in [2.24, 2.45) is 0 Å². The standard InChI is InChI=1S/C25H20N4O3S/c1-16(24(30)26-19-12-13-20-21(14-19)32-15-31-20)33-25-27-22(17-8-4-2-5-9-17)23(28-29-25)18-10-6-3-7-11-18/h2-14,16H,15H2,1H3,(H,26,30)/t16-/m0/s1. The molecule has 0 unspecified atom stereocenters. The number of carbonyl (C=O) groups is 1. The molecular formula is C25H20N4O3S. The second-order valence-corrected chi connectivity index (χ2v) is 8.65. The van der Waals surface area contributed by atoms with Crippen LogP contribution >= 0.6 is 11.8 Å². The molecule has 1 N–H and O–H groups in total. The number of hydrogen-bond donors (Lipinski definition) is 1. The highest BCUT2D eigenvalue weighted by Crippen LogP contribution is 2.35. The smallest absolute Gasteiger partial charge is 0.237 e. The van der Waals surface area contributed by atoms with Crippen LogP contribution in [0.3, 0.4) is 0 Å². The van der Waals surface area contributed by atoms with Crippen molar-refractivity contribution in [1.29, 1.82) is 0 Å². The number of ether oxygens (including phenoxy) is 2. The number of benzene rings is 3. The molecule has 7 nitrogen and oxygen atoms in total. The van der Waals surface area contributed by atoms with Gasteiger partial charge >= 0.3 is 0 Å². The van der Waals surface area contributed by atoms with Crippen molar-refractivity contribution in [3.05, 3.63) is 78.9 Å². The summed E-state index contributed by atoms with van der Waals surface area (Å²) < 4.78 is 10.7. The van der Waals surface area contributed by atoms with E-state index in [0.29, 0.717) is 28.0 Å². The van der Waals surface area contributed by atoms with Crippen molar-refractivity contribution < 1.29 is 14.3 Å². The molecule has 0 radical (unpaired) electrons. The lowest BCUT2D eigenvalue weighted by Crippen LogP contribution is -2.22. The van der Waals surface area contributed by atoms with Gasteiger partial charge in [0.05, 0.1) is 5.25 Å². The van der Waals surface area contributed by atoms with Gasteiger partial charge in [0.2, 0.25) is 17.9 Å². The zero-order chi connectivity index (χ0) is 22.6. The van der Waals surface area contributed by atoms with Gasteiger partial charge in [0.25, 0.3) is 0 Å². The first-order chi connectivity index (χ1) is 16.2. The Bertz CT molecular complexity index is 1290. The van der Waals surface area contributed by atoms with Crippen molar-refractivity contribution >= 4 is 23.4 Å². The Morgan fingerprint density at radius 1 is 0.879 bits per heavy atom. The number of amides is 1. The SMILES string of the molecule is C[C@H](Sc1nnc(-c2ccccc2)c(-c2ccccc2)n1)C(=O)Nc1ccc2c(c1)OCO2. The van der Waals surface area contributed by atoms with Crippen molar-refractivity contribution in [3.63, 3.8) is 0 Å². The highest BCUT2D eigenvalue weighted by atomic mass is 32.2. The lowest BCUT2D eigenvalue weighted by molar-refractivity contribution is -0.115. The summed E-state index contributed by atoms with van der Waals surface area (Å²) in [6.45, 7) is 2.00. The number of thioether (sulfide) groups is 1. The quantitative estimate of drug-likeness (QED) is 0.406. The zero-order valence-corrected chi connectivity index (χ0v) is 18.6. The average molecular weight is 457 g/mol. The number of nitrogens with zero attached hydrogens (tertiary/aromatic N) is 3. The number of aromatic nitrogens is 3. The summed E-state index contributed by atoms with van der Waals surface area (Å²) in [5.74, 6) is 1.11. The van der Waals surface area contributed by atoms with Gasteiger partial charge in [0.15, 0.2) is 11.5 Å². The van der Waals surface area contributed by atoms with Crippen LogP contribution in [0.25, 0.3) is 22.5 Å². The lowest BCUT2D eigenvalue weighted by Gasteiger charge is -2.13. The van der Waals surface area contributed by atoms with Crippen LogP contribution < -0.4 is 14.8 Å². The normalized spacial score (nSPS) is 12.9. The van der Waals surface area contributed by atoms with E-state index in [1.54, 1.807) is 18.2 Å². The van der Waals surface area contributed by atoms with E-state index in [1.807, 2.05) is 67.6 Å². The Morgan fingerprint density at radius 2 is 1.55 bits per heavy atom. The molecule has 0 saturated carbocycles. The fourth-order valence-corrected chi connectivity index (χ4v) is 4.09. The van der Waals surface area contributed by atoms with Gasteiger partial charge in [-0.2, -0.15) is 0 Å². The van der Waals surface area contributed by atoms with Crippen LogP contribution in [0.5, 0.6) is 11.5 Å². The largest absolute Gasteiger partial charge is 0.454 e. The van der Waals surface area contributed by atoms with E-state index in [2.05, 4.69) is 15.5 Å². The molecule has 1 atom stereocenters. The second-order valence-electron chi connectivity index (χ2n) is 7.34. The van der Waals surface area contributed by atoms with Crippen LogP contribution in [-0.4, -0.2) is 33.1 Å². The van der Waals surface area contributed by atoms with Gasteiger partial charge in [0, 0.05) is 22.9 Å². The predicted molar refractivity (Wildman–Crippen MR) is 127 cm³/mol. The summed E-state index contributed by atoms with van der Waals surface area (Å²) in [6.07, 6.45) is 0. The van der Waals surface area contributed by atoms with Crippen molar-refractivity contribution in [2.75, 3.05) is 12.1 Å². The second kappa shape index (κ2) is 9.30. The fraction of sp³-hybridized carbons (Fsp3) is 0.120. The Balaban J connectivity index is 1.37. The summed E-state index contributed by atoms with van der Waals surface area (Å²) in [5.41, 5.74) is 3.93. The molecule has 1 aliphatic rings. The van der Waals surface area contributed by atoms with Gasteiger partial charge < -0.3 is 14.8 Å². The highest BCUT2D eigenvalue weighted by Gasteiger charge is 2.20. The van der Waals surface area contributed by atoms with Gasteiger partial charge in [-0.1, -0.05) is 72.4 Å². The molecule has 0 saturated heterocycles. The maximum Gasteiger partial charge on any atom is 0.237 e. The van der Waals surface area contributed by atoms with Crippen LogP contribution in [0.15, 0.2) is 84.0 Å². The van der Waals surface area contributed by atoms with E-state index in [4.69, 9.17) is 14.5 Å². The molecule has 33 heavy (non-hydrogen) atoms. The molecule has 1 aromatic heterocycles. The van der Waals surface area contributed by atoms with E-state index in [-0.39, 0.29) is 12.7 Å². The molecule has 0 fully saturated rings. The van der Waals surface area contributed by atoms with E-state index in [1.165, 1.54) is 11.8 Å². The first-order valence-electron chi connectivity index (χ1n) is 10.4. The van der Waals surface area contributed by atoms with Crippen molar-refractivity contribution in [2.45, 2.75) is 17.3 Å². The molecule has 2 heterocycles. The van der Waals surface area contributed by atoms with E-state index in [9.17, 15) is 4.79 Å². The van der Waals surface area contributed by atoms with Gasteiger partial charge in [-0.25, -0.2) is 4.98 Å². The van der Waals surface area contributed by atoms with Gasteiger partial charge in [0.1, 0.15) is 11.4 Å². The van der Waals surface area contributed by atoms with E-state index < -0.39 is 5.25 Å². The summed E-state index contributed by atoms with van der Waals surface area (Å²) in [4.78, 5) is 17.5. The summed E-state index contributed by atoms with van der Waals surface area (Å²) in [5, 5.41) is 11.7. The third kappa shape index (κ3) is 4.65. The van der Waals surface area contributed by atoms with Crippen molar-refractivity contribution in [1.82, 2.24) is 15.2 Å². The molecule has 0 aliphatic carbocycles. The topological polar surface area (TPSA) is 86.2 Å². The molecule has 164 valence electrons. The number of fused-ring (bicyclic) bond motifs is 1. The number of carbonyl (C=O) groups excluding carboxylic acids is 1. The summed E-state index contributed by atoms with van der Waals surface area (Å²) in [6, 6.07) is 25.0. The molecule has 8 heteroatoms. The van der Waals surface area contributed by atoms with Crippen LogP contribution in [0, 0.1) is 0 Å². The summed E-state index contributed by atoms with van der Waals surface area (Å²) >= 11 is 1.26. The fourth-order valence-electron chi connectivity index (χ4n) is 3.38.